The van der Waals surface area contributed by atoms with Crippen LogP contribution in [-0.4, -0.2) is 92.7 Å². The third kappa shape index (κ3) is 4.83. The first-order valence-electron chi connectivity index (χ1n) is 7.11. The molecule has 0 aromatic rings. The zero-order valence-electron chi connectivity index (χ0n) is 12.8. The molecule has 0 bridgehead atoms. The van der Waals surface area contributed by atoms with Gasteiger partial charge in [-0.05, 0) is 6.92 Å². The quantitative estimate of drug-likeness (QED) is 0.495. The number of hydrogen-bond acceptors (Lipinski definition) is 5. The number of hydrogen-bond donors (Lipinski definition) is 0. The summed E-state index contributed by atoms with van der Waals surface area (Å²) >= 11 is 0. The standard InChI is InChI=1S/C13H23N3O5/c1-4-19-9-15(3)13(18)16(6-11-8-21-11)12(17)14(2)5-10-7-20-10/h10-11H,4-9H2,1-3H3. The lowest BCUT2D eigenvalue weighted by molar-refractivity contribution is 0.0557. The van der Waals surface area contributed by atoms with E-state index in [2.05, 4.69) is 0 Å². The third-order valence-electron chi connectivity index (χ3n) is 3.27. The number of ether oxygens (including phenoxy) is 3. The van der Waals surface area contributed by atoms with E-state index in [0.29, 0.717) is 26.4 Å². The monoisotopic (exact) mass is 301 g/mol. The Hall–Kier alpha value is -1.38. The molecule has 2 saturated heterocycles. The van der Waals surface area contributed by atoms with Crippen molar-refractivity contribution in [1.29, 1.82) is 0 Å². The Balaban J connectivity index is 1.94. The number of rotatable bonds is 7. The van der Waals surface area contributed by atoms with E-state index in [-0.39, 0.29) is 37.5 Å². The summed E-state index contributed by atoms with van der Waals surface area (Å²) in [5, 5.41) is 0. The van der Waals surface area contributed by atoms with Crippen LogP contribution in [0.15, 0.2) is 0 Å². The Morgan fingerprint density at radius 3 is 2.10 bits per heavy atom. The van der Waals surface area contributed by atoms with Crippen molar-refractivity contribution in [2.75, 3.05) is 53.7 Å². The number of carbonyl (C=O) groups is 2. The van der Waals surface area contributed by atoms with Gasteiger partial charge in [-0.15, -0.1) is 0 Å². The van der Waals surface area contributed by atoms with Crippen molar-refractivity contribution in [3.05, 3.63) is 0 Å². The zero-order chi connectivity index (χ0) is 15.4. The lowest BCUT2D eigenvalue weighted by Gasteiger charge is -2.29. The SMILES string of the molecule is CCOCN(C)C(=O)N(CC1CO1)C(=O)N(C)CC1CO1. The van der Waals surface area contributed by atoms with Crippen LogP contribution in [0.1, 0.15) is 6.92 Å². The minimum absolute atomic E-state index is 0.0519. The molecule has 0 aromatic heterocycles. The highest BCUT2D eigenvalue weighted by Gasteiger charge is 2.36. The summed E-state index contributed by atoms with van der Waals surface area (Å²) in [5.74, 6) is 0. The fourth-order valence-electron chi connectivity index (χ4n) is 1.87. The number of epoxide rings is 2. The molecular formula is C13H23N3O5. The van der Waals surface area contributed by atoms with Crippen molar-refractivity contribution >= 4 is 12.1 Å². The highest BCUT2D eigenvalue weighted by molar-refractivity contribution is 5.93. The third-order valence-corrected chi connectivity index (χ3v) is 3.27. The first-order valence-corrected chi connectivity index (χ1v) is 7.11. The fraction of sp³-hybridized carbons (Fsp3) is 0.846. The van der Waals surface area contributed by atoms with Crippen LogP contribution >= 0.6 is 0 Å². The van der Waals surface area contributed by atoms with Gasteiger partial charge in [0.1, 0.15) is 6.73 Å². The molecule has 2 aliphatic heterocycles. The second-order valence-electron chi connectivity index (χ2n) is 5.29. The van der Waals surface area contributed by atoms with E-state index in [4.69, 9.17) is 14.2 Å². The number of imide groups is 1. The normalized spacial score (nSPS) is 22.6. The van der Waals surface area contributed by atoms with E-state index in [9.17, 15) is 9.59 Å². The van der Waals surface area contributed by atoms with Crippen LogP contribution in [0.3, 0.4) is 0 Å². The molecule has 8 nitrogen and oxygen atoms in total. The molecule has 2 fully saturated rings. The highest BCUT2D eigenvalue weighted by Crippen LogP contribution is 2.16. The van der Waals surface area contributed by atoms with Crippen LogP contribution < -0.4 is 0 Å². The Kier molecular flexibility index (Phi) is 5.38. The predicted molar refractivity (Wildman–Crippen MR) is 73.9 cm³/mol. The summed E-state index contributed by atoms with van der Waals surface area (Å²) in [7, 11) is 3.27. The first kappa shape index (κ1) is 16.0. The molecule has 0 aromatic carbocycles. The summed E-state index contributed by atoms with van der Waals surface area (Å²) in [6, 6.07) is -0.720. The first-order chi connectivity index (χ1) is 10.0. The second-order valence-corrected chi connectivity index (χ2v) is 5.29. The van der Waals surface area contributed by atoms with E-state index in [0.717, 1.165) is 0 Å². The van der Waals surface area contributed by atoms with E-state index < -0.39 is 0 Å². The summed E-state index contributed by atoms with van der Waals surface area (Å²) in [6.07, 6.45) is 0.0400. The number of nitrogens with zero attached hydrogens (tertiary/aromatic N) is 3. The van der Waals surface area contributed by atoms with Gasteiger partial charge in [-0.1, -0.05) is 0 Å². The van der Waals surface area contributed by atoms with Crippen molar-refractivity contribution in [3.63, 3.8) is 0 Å². The van der Waals surface area contributed by atoms with Crippen LogP contribution in [0.2, 0.25) is 0 Å². The number of amides is 4. The molecule has 2 atom stereocenters. The Bertz CT molecular complexity index is 384. The van der Waals surface area contributed by atoms with E-state index in [1.54, 1.807) is 14.1 Å². The van der Waals surface area contributed by atoms with Gasteiger partial charge < -0.3 is 24.0 Å². The average Bonchev–Trinajstić information content (AvgIpc) is 3.35. The largest absolute Gasteiger partial charge is 0.371 e. The topological polar surface area (TPSA) is 78.2 Å². The van der Waals surface area contributed by atoms with E-state index in [1.165, 1.54) is 14.7 Å². The number of likely N-dealkylation sites (N-methyl/N-ethyl adjacent to an activating group) is 1. The Morgan fingerprint density at radius 1 is 1.05 bits per heavy atom. The molecule has 8 heteroatoms. The molecule has 0 aliphatic carbocycles. The summed E-state index contributed by atoms with van der Waals surface area (Å²) in [4.78, 5) is 28.9. The van der Waals surface area contributed by atoms with Gasteiger partial charge in [0, 0.05) is 20.7 Å². The van der Waals surface area contributed by atoms with Crippen molar-refractivity contribution in [1.82, 2.24) is 14.7 Å². The minimum atomic E-state index is -0.382. The smallest absolute Gasteiger partial charge is 0.329 e. The minimum Gasteiger partial charge on any atom is -0.371 e. The van der Waals surface area contributed by atoms with Gasteiger partial charge in [-0.2, -0.15) is 0 Å². The van der Waals surface area contributed by atoms with Crippen LogP contribution in [0, 0.1) is 0 Å². The van der Waals surface area contributed by atoms with Gasteiger partial charge >= 0.3 is 12.1 Å². The molecular weight excluding hydrogens is 278 g/mol. The maximum atomic E-state index is 12.4. The Morgan fingerprint density at radius 2 is 1.57 bits per heavy atom. The molecule has 2 heterocycles. The zero-order valence-corrected chi connectivity index (χ0v) is 12.8. The van der Waals surface area contributed by atoms with Crippen molar-refractivity contribution in [2.45, 2.75) is 19.1 Å². The van der Waals surface area contributed by atoms with Gasteiger partial charge in [-0.3, -0.25) is 0 Å². The molecule has 0 N–H and O–H groups in total. The van der Waals surface area contributed by atoms with E-state index in [1.807, 2.05) is 6.92 Å². The highest BCUT2D eigenvalue weighted by atomic mass is 16.6. The molecule has 2 aliphatic rings. The fourth-order valence-corrected chi connectivity index (χ4v) is 1.87. The number of carbonyl (C=O) groups excluding carboxylic acids is 2. The van der Waals surface area contributed by atoms with Crippen molar-refractivity contribution < 1.29 is 23.8 Å². The van der Waals surface area contributed by atoms with Gasteiger partial charge in [-0.25, -0.2) is 14.5 Å². The predicted octanol–water partition coefficient (Wildman–Crippen LogP) is 0.184. The van der Waals surface area contributed by atoms with Gasteiger partial charge in [0.05, 0.1) is 38.5 Å². The average molecular weight is 301 g/mol. The maximum absolute atomic E-state index is 12.4. The van der Waals surface area contributed by atoms with Crippen LogP contribution in [0.4, 0.5) is 9.59 Å². The summed E-state index contributed by atoms with van der Waals surface area (Å²) < 4.78 is 15.4. The second kappa shape index (κ2) is 7.06. The van der Waals surface area contributed by atoms with Gasteiger partial charge in [0.2, 0.25) is 0 Å². The number of urea groups is 2. The Labute approximate surface area is 124 Å². The molecule has 0 saturated carbocycles. The van der Waals surface area contributed by atoms with Crippen molar-refractivity contribution in [3.8, 4) is 0 Å². The maximum Gasteiger partial charge on any atom is 0.329 e. The molecule has 120 valence electrons. The molecule has 2 rings (SSSR count). The van der Waals surface area contributed by atoms with Crippen LogP contribution in [0.25, 0.3) is 0 Å². The molecule has 21 heavy (non-hydrogen) atoms. The van der Waals surface area contributed by atoms with Gasteiger partial charge in [0.15, 0.2) is 0 Å². The molecule has 0 spiro atoms. The van der Waals surface area contributed by atoms with Gasteiger partial charge in [0.25, 0.3) is 0 Å². The molecule has 4 amide bonds. The molecule has 0 radical (unpaired) electrons. The van der Waals surface area contributed by atoms with Crippen LogP contribution in [0.5, 0.6) is 0 Å². The van der Waals surface area contributed by atoms with E-state index >= 15 is 0 Å². The lowest BCUT2D eigenvalue weighted by atomic mass is 10.4. The van der Waals surface area contributed by atoms with Crippen LogP contribution in [-0.2, 0) is 14.2 Å². The summed E-state index contributed by atoms with van der Waals surface area (Å²) in [6.45, 7) is 4.52. The lowest BCUT2D eigenvalue weighted by Crippen LogP contribution is -2.51. The molecule has 2 unspecified atom stereocenters. The van der Waals surface area contributed by atoms with Crippen molar-refractivity contribution in [2.24, 2.45) is 0 Å². The summed E-state index contributed by atoms with van der Waals surface area (Å²) in [5.41, 5.74) is 0.